The lowest BCUT2D eigenvalue weighted by Gasteiger charge is -2.07. The van der Waals surface area contributed by atoms with Crippen LogP contribution in [-0.4, -0.2) is 35.2 Å². The lowest BCUT2D eigenvalue weighted by Crippen LogP contribution is -2.14. The van der Waals surface area contributed by atoms with Crippen molar-refractivity contribution >= 4 is 23.2 Å². The second-order valence-electron chi connectivity index (χ2n) is 7.01. The second kappa shape index (κ2) is 9.05. The Morgan fingerprint density at radius 2 is 1.97 bits per heavy atom. The van der Waals surface area contributed by atoms with Gasteiger partial charge in [-0.3, -0.25) is 14.2 Å². The number of carbonyl (C=O) groups is 1. The third-order valence-corrected chi connectivity index (χ3v) is 5.04. The number of anilines is 1. The van der Waals surface area contributed by atoms with E-state index in [1.807, 2.05) is 37.0 Å². The summed E-state index contributed by atoms with van der Waals surface area (Å²) >= 11 is 6.02. The number of nitrogens with one attached hydrogen (secondary N) is 1. The second-order valence-corrected chi connectivity index (χ2v) is 7.42. The van der Waals surface area contributed by atoms with Gasteiger partial charge in [-0.05, 0) is 43.7 Å². The maximum atomic E-state index is 12.5. The smallest absolute Gasteiger partial charge is 0.276 e. The molecule has 1 N–H and O–H groups in total. The summed E-state index contributed by atoms with van der Waals surface area (Å²) in [6, 6.07) is 7.06. The number of aromatic nitrogens is 6. The molecule has 160 valence electrons. The molecule has 0 spiro atoms. The third kappa shape index (κ3) is 5.13. The first-order valence-corrected chi connectivity index (χ1v) is 10.2. The summed E-state index contributed by atoms with van der Waals surface area (Å²) < 4.78 is 10.8. The molecular formula is C21H22ClN7O2. The van der Waals surface area contributed by atoms with Crippen LogP contribution in [0.15, 0.2) is 55.2 Å². The average Bonchev–Trinajstić information content (AvgIpc) is 3.50. The summed E-state index contributed by atoms with van der Waals surface area (Å²) in [5.74, 6) is 0.361. The van der Waals surface area contributed by atoms with Crippen molar-refractivity contribution in [3.63, 3.8) is 0 Å². The lowest BCUT2D eigenvalue weighted by atomic mass is 10.2. The minimum atomic E-state index is -0.320. The largest absolute Gasteiger partial charge is 0.471 e. The van der Waals surface area contributed by atoms with Crippen LogP contribution in [-0.2, 0) is 19.8 Å². The Bertz CT molecular complexity index is 1190. The highest BCUT2D eigenvalue weighted by Crippen LogP contribution is 2.21. The number of halogens is 1. The zero-order valence-electron chi connectivity index (χ0n) is 17.2. The van der Waals surface area contributed by atoms with Gasteiger partial charge < -0.3 is 10.1 Å². The monoisotopic (exact) mass is 439 g/mol. The first kappa shape index (κ1) is 20.7. The Kier molecular flexibility index (Phi) is 6.03. The Hall–Kier alpha value is -3.59. The minimum absolute atomic E-state index is 0.178. The van der Waals surface area contributed by atoms with Crippen LogP contribution in [0.25, 0.3) is 0 Å². The summed E-state index contributed by atoms with van der Waals surface area (Å²) in [5.41, 5.74) is 2.85. The quantitative estimate of drug-likeness (QED) is 0.453. The van der Waals surface area contributed by atoms with E-state index in [4.69, 9.17) is 16.3 Å². The van der Waals surface area contributed by atoms with Crippen molar-refractivity contribution in [3.05, 3.63) is 77.1 Å². The van der Waals surface area contributed by atoms with E-state index in [1.165, 1.54) is 0 Å². The van der Waals surface area contributed by atoms with Crippen molar-refractivity contribution in [1.29, 1.82) is 0 Å². The highest BCUT2D eigenvalue weighted by molar-refractivity contribution is 6.31. The molecule has 10 heteroatoms. The lowest BCUT2D eigenvalue weighted by molar-refractivity contribution is 0.102. The van der Waals surface area contributed by atoms with E-state index in [-0.39, 0.29) is 18.3 Å². The van der Waals surface area contributed by atoms with Crippen LogP contribution >= 0.6 is 11.6 Å². The topological polar surface area (TPSA) is 91.8 Å². The number of nitrogens with zero attached hydrogens (tertiary/aromatic N) is 6. The molecule has 1 aromatic carbocycles. The van der Waals surface area contributed by atoms with Gasteiger partial charge in [-0.1, -0.05) is 11.6 Å². The number of carbonyl (C=O) groups excluding carboxylic acids is 1. The van der Waals surface area contributed by atoms with Crippen LogP contribution < -0.4 is 10.1 Å². The molecule has 0 unspecified atom stereocenters. The van der Waals surface area contributed by atoms with E-state index in [0.29, 0.717) is 23.0 Å². The van der Waals surface area contributed by atoms with Gasteiger partial charge in [0, 0.05) is 35.7 Å². The predicted molar refractivity (Wildman–Crippen MR) is 116 cm³/mol. The molecule has 4 aromatic rings. The van der Waals surface area contributed by atoms with Crippen LogP contribution in [0.5, 0.6) is 5.75 Å². The van der Waals surface area contributed by atoms with Gasteiger partial charge in [0.1, 0.15) is 5.75 Å². The molecule has 0 fully saturated rings. The number of rotatable bonds is 8. The van der Waals surface area contributed by atoms with E-state index in [9.17, 15) is 4.79 Å². The normalized spacial score (nSPS) is 10.9. The van der Waals surface area contributed by atoms with Gasteiger partial charge >= 0.3 is 0 Å². The number of hydrogen-bond acceptors (Lipinski definition) is 5. The first-order valence-electron chi connectivity index (χ1n) is 9.77. The van der Waals surface area contributed by atoms with Crippen LogP contribution in [0.4, 0.5) is 5.69 Å². The van der Waals surface area contributed by atoms with Crippen LogP contribution in [0.2, 0.25) is 5.02 Å². The molecule has 0 saturated heterocycles. The highest BCUT2D eigenvalue weighted by Gasteiger charge is 2.12. The summed E-state index contributed by atoms with van der Waals surface area (Å²) in [6.45, 7) is 5.51. The van der Waals surface area contributed by atoms with E-state index in [0.717, 1.165) is 17.7 Å². The van der Waals surface area contributed by atoms with Gasteiger partial charge in [-0.2, -0.15) is 15.3 Å². The molecule has 4 rings (SSSR count). The van der Waals surface area contributed by atoms with Crippen molar-refractivity contribution < 1.29 is 9.53 Å². The molecule has 1 amide bonds. The zero-order valence-corrected chi connectivity index (χ0v) is 18.0. The van der Waals surface area contributed by atoms with Crippen molar-refractivity contribution in [2.75, 3.05) is 5.32 Å². The van der Waals surface area contributed by atoms with Crippen LogP contribution in [0.1, 0.15) is 28.5 Å². The molecule has 0 radical (unpaired) electrons. The van der Waals surface area contributed by atoms with E-state index in [1.54, 1.807) is 46.2 Å². The predicted octanol–water partition coefficient (Wildman–Crippen LogP) is 3.59. The fraction of sp³-hybridized carbons (Fsp3) is 0.238. The summed E-state index contributed by atoms with van der Waals surface area (Å²) in [5, 5.41) is 16.3. The van der Waals surface area contributed by atoms with Crippen molar-refractivity contribution in [1.82, 2.24) is 29.3 Å². The summed E-state index contributed by atoms with van der Waals surface area (Å²) in [6.07, 6.45) is 8.84. The molecule has 0 aliphatic heterocycles. The zero-order chi connectivity index (χ0) is 21.8. The molecule has 9 nitrogen and oxygen atoms in total. The first-order chi connectivity index (χ1) is 15.0. The van der Waals surface area contributed by atoms with Gasteiger partial charge in [0.15, 0.2) is 12.4 Å². The molecule has 0 aliphatic carbocycles. The van der Waals surface area contributed by atoms with Gasteiger partial charge in [0.2, 0.25) is 0 Å². The third-order valence-electron chi connectivity index (χ3n) is 4.61. The van der Waals surface area contributed by atoms with Gasteiger partial charge in [-0.25, -0.2) is 4.68 Å². The molecule has 0 aliphatic rings. The standard InChI is InChI=1S/C21H22ClN7O2/c1-3-27-11-16(9-23-27)12-29-13-17(10-24-29)25-21(30)20-6-7-28(26-20)14-31-18-4-5-19(22)15(2)8-18/h4-11,13H,3,12,14H2,1-2H3,(H,25,30). The van der Waals surface area contributed by atoms with Crippen molar-refractivity contribution in [2.45, 2.75) is 33.7 Å². The van der Waals surface area contributed by atoms with Crippen molar-refractivity contribution in [3.8, 4) is 5.75 Å². The fourth-order valence-electron chi connectivity index (χ4n) is 2.96. The molecule has 0 atom stereocenters. The Labute approximate surface area is 184 Å². The molecule has 3 aromatic heterocycles. The SMILES string of the molecule is CCn1cc(Cn2cc(NC(=O)c3ccn(COc4ccc(Cl)c(C)c4)n3)cn2)cn1. The molecule has 3 heterocycles. The maximum absolute atomic E-state index is 12.5. The summed E-state index contributed by atoms with van der Waals surface area (Å²) in [7, 11) is 0. The highest BCUT2D eigenvalue weighted by atomic mass is 35.5. The fourth-order valence-corrected chi connectivity index (χ4v) is 3.08. The van der Waals surface area contributed by atoms with Crippen molar-refractivity contribution in [2.24, 2.45) is 0 Å². The van der Waals surface area contributed by atoms with Crippen LogP contribution in [0, 0.1) is 6.92 Å². The number of aryl methyl sites for hydroxylation is 2. The Morgan fingerprint density at radius 1 is 1.13 bits per heavy atom. The van der Waals surface area contributed by atoms with Crippen LogP contribution in [0.3, 0.4) is 0 Å². The molecule has 0 bridgehead atoms. The van der Waals surface area contributed by atoms with E-state index in [2.05, 4.69) is 20.6 Å². The molecule has 31 heavy (non-hydrogen) atoms. The minimum Gasteiger partial charge on any atom is -0.471 e. The van der Waals surface area contributed by atoms with Gasteiger partial charge in [0.05, 0.1) is 24.6 Å². The van der Waals surface area contributed by atoms with E-state index < -0.39 is 0 Å². The Balaban J connectivity index is 1.32. The number of hydrogen-bond donors (Lipinski definition) is 1. The van der Waals surface area contributed by atoms with Gasteiger partial charge in [0.25, 0.3) is 5.91 Å². The number of benzene rings is 1. The molecular weight excluding hydrogens is 418 g/mol. The number of ether oxygens (including phenoxy) is 1. The average molecular weight is 440 g/mol. The van der Waals surface area contributed by atoms with E-state index >= 15 is 0 Å². The maximum Gasteiger partial charge on any atom is 0.276 e. The van der Waals surface area contributed by atoms with Gasteiger partial charge in [-0.15, -0.1) is 0 Å². The Morgan fingerprint density at radius 3 is 2.74 bits per heavy atom. The molecule has 0 saturated carbocycles. The number of amides is 1. The summed E-state index contributed by atoms with van der Waals surface area (Å²) in [4.78, 5) is 12.5.